The Morgan fingerprint density at radius 2 is 1.39 bits per heavy atom. The van der Waals surface area contributed by atoms with Crippen molar-refractivity contribution in [1.29, 1.82) is 0 Å². The number of imide groups is 1. The van der Waals surface area contributed by atoms with Gasteiger partial charge in [0.05, 0.1) is 27.3 Å². The zero-order chi connectivity index (χ0) is 23.6. The van der Waals surface area contributed by atoms with Crippen molar-refractivity contribution in [2.75, 3.05) is 17.6 Å². The Hall–Kier alpha value is -3.98. The van der Waals surface area contributed by atoms with Crippen LogP contribution in [0.4, 0.5) is 5.69 Å². The van der Waals surface area contributed by atoms with Crippen LogP contribution in [0, 0.1) is 0 Å². The first-order chi connectivity index (χ1) is 15.8. The van der Waals surface area contributed by atoms with Gasteiger partial charge in [-0.15, -0.1) is 0 Å². The summed E-state index contributed by atoms with van der Waals surface area (Å²) in [6, 6.07) is 20.4. The monoisotopic (exact) mass is 464 g/mol. The Balaban J connectivity index is 1.46. The van der Waals surface area contributed by atoms with Crippen LogP contribution in [0.1, 0.15) is 38.0 Å². The third-order valence-corrected chi connectivity index (χ3v) is 7.13. The van der Waals surface area contributed by atoms with Crippen LogP contribution < -0.4 is 4.31 Å². The fraction of sp³-hybridized carbons (Fsp3) is 0.125. The molecule has 0 aromatic heterocycles. The quantitative estimate of drug-likeness (QED) is 0.393. The molecular formula is C24H20N2O6S. The third-order valence-electron chi connectivity index (χ3n) is 5.21. The molecule has 1 aliphatic heterocycles. The van der Waals surface area contributed by atoms with Gasteiger partial charge in [-0.1, -0.05) is 30.3 Å². The van der Waals surface area contributed by atoms with Crippen LogP contribution in [0.15, 0.2) is 83.8 Å². The van der Waals surface area contributed by atoms with E-state index in [-0.39, 0.29) is 28.1 Å². The number of hydrogen-bond acceptors (Lipinski definition) is 6. The number of esters is 1. The predicted octanol–water partition coefficient (Wildman–Crippen LogP) is 3.31. The zero-order valence-electron chi connectivity index (χ0n) is 17.7. The topological polar surface area (TPSA) is 101 Å². The number of hydrogen-bond donors (Lipinski definition) is 0. The van der Waals surface area contributed by atoms with E-state index in [1.54, 1.807) is 49.4 Å². The van der Waals surface area contributed by atoms with E-state index < -0.39 is 34.5 Å². The molecule has 2 amide bonds. The van der Waals surface area contributed by atoms with Gasteiger partial charge in [0.1, 0.15) is 0 Å². The second-order valence-corrected chi connectivity index (χ2v) is 9.04. The third kappa shape index (κ3) is 4.10. The number of fused-ring (bicyclic) bond motifs is 1. The second-order valence-electron chi connectivity index (χ2n) is 7.17. The summed E-state index contributed by atoms with van der Waals surface area (Å²) in [5.41, 5.74) is 1.14. The normalized spacial score (nSPS) is 13.1. The molecule has 0 radical (unpaired) electrons. The smallest absolute Gasteiger partial charge is 0.339 e. The molecule has 4 rings (SSSR count). The molecule has 0 bridgehead atoms. The number of rotatable bonds is 7. The average molecular weight is 464 g/mol. The number of benzene rings is 3. The van der Waals surface area contributed by atoms with Crippen molar-refractivity contribution in [3.63, 3.8) is 0 Å². The SMILES string of the molecule is CCN(c1ccccc1)S(=O)(=O)c1ccc(C(=O)OCN2C(=O)c3ccccc3C2=O)cc1. The molecule has 8 nitrogen and oxygen atoms in total. The van der Waals surface area contributed by atoms with Gasteiger partial charge >= 0.3 is 5.97 Å². The minimum Gasteiger partial charge on any atom is -0.440 e. The molecule has 3 aromatic rings. The highest BCUT2D eigenvalue weighted by atomic mass is 32.2. The molecule has 0 saturated carbocycles. The van der Waals surface area contributed by atoms with Crippen molar-refractivity contribution in [2.24, 2.45) is 0 Å². The highest BCUT2D eigenvalue weighted by Crippen LogP contribution is 2.24. The highest BCUT2D eigenvalue weighted by Gasteiger charge is 2.35. The Morgan fingerprint density at radius 3 is 1.94 bits per heavy atom. The van der Waals surface area contributed by atoms with E-state index in [2.05, 4.69) is 0 Å². The standard InChI is InChI=1S/C24H20N2O6S/c1-2-26(18-8-4-3-5-9-18)33(30,31)19-14-12-17(13-15-19)24(29)32-16-25-22(27)20-10-6-7-11-21(20)23(25)28/h3-15H,2,16H2,1H3. The maximum atomic E-state index is 13.1. The molecule has 0 fully saturated rings. The van der Waals surface area contributed by atoms with Gasteiger partial charge in [0.2, 0.25) is 0 Å². The molecule has 0 unspecified atom stereocenters. The van der Waals surface area contributed by atoms with Gasteiger partial charge in [0, 0.05) is 6.54 Å². The van der Waals surface area contributed by atoms with Crippen molar-refractivity contribution < 1.29 is 27.5 Å². The Labute approximate surface area is 191 Å². The Kier molecular flexibility index (Phi) is 5.97. The fourth-order valence-electron chi connectivity index (χ4n) is 3.54. The number of amides is 2. The number of carbonyl (C=O) groups is 3. The van der Waals surface area contributed by atoms with E-state index in [1.165, 1.54) is 40.7 Å². The van der Waals surface area contributed by atoms with E-state index >= 15 is 0 Å². The molecule has 1 aliphatic rings. The number of carbonyl (C=O) groups excluding carboxylic acids is 3. The molecule has 33 heavy (non-hydrogen) atoms. The van der Waals surface area contributed by atoms with Crippen molar-refractivity contribution in [1.82, 2.24) is 4.90 Å². The summed E-state index contributed by atoms with van der Waals surface area (Å²) in [6.45, 7) is 1.43. The molecule has 168 valence electrons. The van der Waals surface area contributed by atoms with Crippen LogP contribution in [0.3, 0.4) is 0 Å². The summed E-state index contributed by atoms with van der Waals surface area (Å²) in [7, 11) is -3.83. The fourth-order valence-corrected chi connectivity index (χ4v) is 5.01. The zero-order valence-corrected chi connectivity index (χ0v) is 18.5. The number of anilines is 1. The summed E-state index contributed by atoms with van der Waals surface area (Å²) in [5.74, 6) is -1.86. The number of ether oxygens (including phenoxy) is 1. The highest BCUT2D eigenvalue weighted by molar-refractivity contribution is 7.92. The second kappa shape index (κ2) is 8.87. The van der Waals surface area contributed by atoms with Crippen molar-refractivity contribution >= 4 is 33.5 Å². The maximum absolute atomic E-state index is 13.1. The number of sulfonamides is 1. The first-order valence-electron chi connectivity index (χ1n) is 10.1. The summed E-state index contributed by atoms with van der Waals surface area (Å²) in [5, 5.41) is 0. The van der Waals surface area contributed by atoms with E-state index in [1.807, 2.05) is 0 Å². The lowest BCUT2D eigenvalue weighted by atomic mass is 10.1. The van der Waals surface area contributed by atoms with Crippen LogP contribution >= 0.6 is 0 Å². The van der Waals surface area contributed by atoms with Crippen molar-refractivity contribution in [3.05, 3.63) is 95.6 Å². The van der Waals surface area contributed by atoms with Crippen LogP contribution in [0.5, 0.6) is 0 Å². The lowest BCUT2D eigenvalue weighted by Crippen LogP contribution is -2.33. The van der Waals surface area contributed by atoms with E-state index in [4.69, 9.17) is 4.74 Å². The predicted molar refractivity (Wildman–Crippen MR) is 120 cm³/mol. The molecule has 0 saturated heterocycles. The van der Waals surface area contributed by atoms with Gasteiger partial charge in [-0.3, -0.25) is 13.9 Å². The Morgan fingerprint density at radius 1 is 0.848 bits per heavy atom. The summed E-state index contributed by atoms with van der Waals surface area (Å²) in [4.78, 5) is 38.0. The van der Waals surface area contributed by atoms with Crippen molar-refractivity contribution in [3.8, 4) is 0 Å². The summed E-state index contributed by atoms with van der Waals surface area (Å²) in [6.07, 6.45) is 0. The van der Waals surface area contributed by atoms with E-state index in [0.29, 0.717) is 5.69 Å². The first kappa shape index (κ1) is 22.2. The largest absolute Gasteiger partial charge is 0.440 e. The van der Waals surface area contributed by atoms with Crippen LogP contribution in [0.2, 0.25) is 0 Å². The molecule has 0 aliphatic carbocycles. The van der Waals surface area contributed by atoms with Gasteiger partial charge in [0.25, 0.3) is 21.8 Å². The minimum absolute atomic E-state index is 0.0186. The average Bonchev–Trinajstić information content (AvgIpc) is 3.08. The van der Waals surface area contributed by atoms with Crippen molar-refractivity contribution in [2.45, 2.75) is 11.8 Å². The van der Waals surface area contributed by atoms with Gasteiger partial charge in [-0.05, 0) is 55.5 Å². The van der Waals surface area contributed by atoms with Gasteiger partial charge in [-0.2, -0.15) is 0 Å². The van der Waals surface area contributed by atoms with Crippen LogP contribution in [-0.2, 0) is 14.8 Å². The van der Waals surface area contributed by atoms with E-state index in [9.17, 15) is 22.8 Å². The number of para-hydroxylation sites is 1. The molecule has 0 spiro atoms. The van der Waals surface area contributed by atoms with Gasteiger partial charge in [-0.25, -0.2) is 18.1 Å². The molecular weight excluding hydrogens is 444 g/mol. The number of nitrogens with zero attached hydrogens (tertiary/aromatic N) is 2. The van der Waals surface area contributed by atoms with Gasteiger partial charge < -0.3 is 4.74 Å². The lowest BCUT2D eigenvalue weighted by molar-refractivity contribution is 0.0228. The molecule has 0 atom stereocenters. The minimum atomic E-state index is -3.83. The van der Waals surface area contributed by atoms with Gasteiger partial charge in [0.15, 0.2) is 6.73 Å². The Bertz CT molecular complexity index is 1290. The van der Waals surface area contributed by atoms with E-state index in [0.717, 1.165) is 4.90 Å². The molecule has 3 aromatic carbocycles. The van der Waals surface area contributed by atoms with Crippen LogP contribution in [0.25, 0.3) is 0 Å². The molecule has 9 heteroatoms. The van der Waals surface area contributed by atoms with Crippen LogP contribution in [-0.4, -0.2) is 44.4 Å². The maximum Gasteiger partial charge on any atom is 0.339 e. The molecule has 1 heterocycles. The first-order valence-corrected chi connectivity index (χ1v) is 11.6. The molecule has 0 N–H and O–H groups in total. The lowest BCUT2D eigenvalue weighted by Gasteiger charge is -2.23. The summed E-state index contributed by atoms with van der Waals surface area (Å²) >= 11 is 0. The summed E-state index contributed by atoms with van der Waals surface area (Å²) < 4.78 is 32.5.